The summed E-state index contributed by atoms with van der Waals surface area (Å²) in [5, 5.41) is 2.79. The Morgan fingerprint density at radius 3 is 2.82 bits per heavy atom. The Morgan fingerprint density at radius 1 is 1.47 bits per heavy atom. The molecule has 0 saturated carbocycles. The number of anilines is 1. The smallest absolute Gasteiger partial charge is 0.266 e. The zero-order chi connectivity index (χ0) is 12.4. The Bertz CT molecular complexity index is 549. The molecule has 0 bridgehead atoms. The van der Waals surface area contributed by atoms with E-state index in [0.29, 0.717) is 10.7 Å². The highest BCUT2D eigenvalue weighted by molar-refractivity contribution is 9.13. The van der Waals surface area contributed by atoms with Gasteiger partial charge in [-0.2, -0.15) is 0 Å². The van der Waals surface area contributed by atoms with Gasteiger partial charge in [0.25, 0.3) is 5.91 Å². The number of halogens is 2. The van der Waals surface area contributed by atoms with Gasteiger partial charge in [-0.1, -0.05) is 6.07 Å². The summed E-state index contributed by atoms with van der Waals surface area (Å²) in [5.74, 6) is 0.446. The number of pyridine rings is 1. The van der Waals surface area contributed by atoms with E-state index in [1.165, 1.54) is 11.3 Å². The van der Waals surface area contributed by atoms with E-state index in [9.17, 15) is 4.79 Å². The summed E-state index contributed by atoms with van der Waals surface area (Å²) in [7, 11) is 0. The van der Waals surface area contributed by atoms with E-state index in [-0.39, 0.29) is 5.91 Å². The highest BCUT2D eigenvalue weighted by Gasteiger charge is 2.13. The number of hydrogen-bond donors (Lipinski definition) is 1. The second-order valence-electron chi connectivity index (χ2n) is 3.36. The van der Waals surface area contributed by atoms with Gasteiger partial charge in [0.05, 0.1) is 8.66 Å². The van der Waals surface area contributed by atoms with Gasteiger partial charge in [0.15, 0.2) is 0 Å². The summed E-state index contributed by atoms with van der Waals surface area (Å²) in [6.07, 6.45) is 1.66. The minimum Gasteiger partial charge on any atom is -0.306 e. The Morgan fingerprint density at radius 2 is 2.24 bits per heavy atom. The van der Waals surface area contributed by atoms with Crippen LogP contribution in [0.2, 0.25) is 0 Å². The molecule has 0 aliphatic heterocycles. The first-order valence-corrected chi connectivity index (χ1v) is 7.16. The number of nitrogens with zero attached hydrogens (tertiary/aromatic N) is 1. The molecule has 2 aromatic rings. The van der Waals surface area contributed by atoms with Crippen LogP contribution < -0.4 is 5.32 Å². The van der Waals surface area contributed by atoms with Crippen molar-refractivity contribution in [2.24, 2.45) is 0 Å². The summed E-state index contributed by atoms with van der Waals surface area (Å²) >= 11 is 8.09. The average Bonchev–Trinajstić information content (AvgIpc) is 2.63. The van der Waals surface area contributed by atoms with Gasteiger partial charge < -0.3 is 5.32 Å². The van der Waals surface area contributed by atoms with Gasteiger partial charge in [0.1, 0.15) is 5.82 Å². The minimum absolute atomic E-state index is 0.150. The van der Waals surface area contributed by atoms with Gasteiger partial charge in [-0.05, 0) is 56.5 Å². The van der Waals surface area contributed by atoms with Gasteiger partial charge >= 0.3 is 0 Å². The molecule has 17 heavy (non-hydrogen) atoms. The van der Waals surface area contributed by atoms with Crippen molar-refractivity contribution in [3.8, 4) is 0 Å². The molecular weight excluding hydrogens is 368 g/mol. The molecule has 2 heterocycles. The summed E-state index contributed by atoms with van der Waals surface area (Å²) in [6.45, 7) is 1.91. The third-order valence-corrected chi connectivity index (χ3v) is 5.37. The third kappa shape index (κ3) is 2.94. The molecule has 2 aromatic heterocycles. The number of nitrogens with one attached hydrogen (secondary N) is 1. The van der Waals surface area contributed by atoms with Crippen molar-refractivity contribution in [2.45, 2.75) is 6.92 Å². The number of carbonyl (C=O) groups is 1. The van der Waals surface area contributed by atoms with Gasteiger partial charge in [0.2, 0.25) is 0 Å². The van der Waals surface area contributed by atoms with Crippen molar-refractivity contribution in [2.75, 3.05) is 5.32 Å². The largest absolute Gasteiger partial charge is 0.306 e. The van der Waals surface area contributed by atoms with Crippen LogP contribution in [0.3, 0.4) is 0 Å². The van der Waals surface area contributed by atoms with E-state index in [0.717, 1.165) is 13.8 Å². The molecule has 1 amide bonds. The molecule has 0 radical (unpaired) electrons. The summed E-state index contributed by atoms with van der Waals surface area (Å²) in [4.78, 5) is 16.7. The van der Waals surface area contributed by atoms with Crippen LogP contribution in [-0.2, 0) is 0 Å². The van der Waals surface area contributed by atoms with Crippen LogP contribution in [0.5, 0.6) is 0 Å². The Balaban J connectivity index is 2.20. The molecule has 88 valence electrons. The third-order valence-electron chi connectivity index (χ3n) is 2.11. The summed E-state index contributed by atoms with van der Waals surface area (Å²) in [6, 6.07) is 5.52. The van der Waals surface area contributed by atoms with Gasteiger partial charge in [-0.15, -0.1) is 11.3 Å². The normalized spacial score (nSPS) is 10.3. The lowest BCUT2D eigenvalue weighted by molar-refractivity contribution is 0.103. The van der Waals surface area contributed by atoms with Crippen LogP contribution in [0.25, 0.3) is 0 Å². The molecule has 0 fully saturated rings. The van der Waals surface area contributed by atoms with Crippen molar-refractivity contribution in [1.29, 1.82) is 0 Å². The van der Waals surface area contributed by atoms with Crippen LogP contribution in [-0.4, -0.2) is 10.9 Å². The molecule has 6 heteroatoms. The van der Waals surface area contributed by atoms with Crippen molar-refractivity contribution in [3.63, 3.8) is 0 Å². The summed E-state index contributed by atoms with van der Waals surface area (Å²) < 4.78 is 1.78. The molecule has 0 aliphatic rings. The molecule has 3 nitrogen and oxygen atoms in total. The van der Waals surface area contributed by atoms with Crippen molar-refractivity contribution < 1.29 is 4.79 Å². The lowest BCUT2D eigenvalue weighted by atomic mass is 10.3. The molecule has 2 rings (SSSR count). The number of amides is 1. The van der Waals surface area contributed by atoms with Crippen LogP contribution >= 0.6 is 43.2 Å². The lowest BCUT2D eigenvalue weighted by Crippen LogP contribution is -2.12. The molecule has 0 saturated heterocycles. The standard InChI is InChI=1S/C11H8Br2N2OS/c1-6-3-2-4-14-10(6)15-11(16)8-5-7(12)9(13)17-8/h2-5H,1H3,(H,14,15,16). The number of carbonyl (C=O) groups excluding carboxylic acids is 1. The number of thiophene rings is 1. The maximum absolute atomic E-state index is 11.9. The predicted molar refractivity (Wildman–Crippen MR) is 76.6 cm³/mol. The molecule has 0 aromatic carbocycles. The van der Waals surface area contributed by atoms with Gasteiger partial charge in [-0.3, -0.25) is 4.79 Å². The predicted octanol–water partition coefficient (Wildman–Crippen LogP) is 4.23. The van der Waals surface area contributed by atoms with Gasteiger partial charge in [-0.25, -0.2) is 4.98 Å². The van der Waals surface area contributed by atoms with Crippen molar-refractivity contribution >= 4 is 54.9 Å². The Kier molecular flexibility index (Phi) is 3.96. The second-order valence-corrected chi connectivity index (χ2v) is 6.58. The molecule has 1 N–H and O–H groups in total. The molecule has 0 spiro atoms. The van der Waals surface area contributed by atoms with Crippen molar-refractivity contribution in [1.82, 2.24) is 4.98 Å². The maximum atomic E-state index is 11.9. The molecule has 0 aliphatic carbocycles. The number of rotatable bonds is 2. The quantitative estimate of drug-likeness (QED) is 0.853. The Labute approximate surface area is 120 Å². The fourth-order valence-corrected chi connectivity index (χ4v) is 3.18. The van der Waals surface area contributed by atoms with Crippen LogP contribution in [0, 0.1) is 6.92 Å². The monoisotopic (exact) mass is 374 g/mol. The SMILES string of the molecule is Cc1cccnc1NC(=O)c1cc(Br)c(Br)s1. The fourth-order valence-electron chi connectivity index (χ4n) is 1.24. The second kappa shape index (κ2) is 5.29. The van der Waals surface area contributed by atoms with Gasteiger partial charge in [0, 0.05) is 10.7 Å². The fraction of sp³-hybridized carbons (Fsp3) is 0.0909. The average molecular weight is 376 g/mol. The van der Waals surface area contributed by atoms with E-state index >= 15 is 0 Å². The zero-order valence-electron chi connectivity index (χ0n) is 8.83. The zero-order valence-corrected chi connectivity index (χ0v) is 12.8. The summed E-state index contributed by atoms with van der Waals surface area (Å²) in [5.41, 5.74) is 0.940. The number of aromatic nitrogens is 1. The number of aryl methyl sites for hydroxylation is 1. The Hall–Kier alpha value is -0.720. The first-order valence-electron chi connectivity index (χ1n) is 4.75. The van der Waals surface area contributed by atoms with Crippen molar-refractivity contribution in [3.05, 3.63) is 43.1 Å². The van der Waals surface area contributed by atoms with Crippen LogP contribution in [0.15, 0.2) is 32.7 Å². The molecular formula is C11H8Br2N2OS. The lowest BCUT2D eigenvalue weighted by Gasteiger charge is -2.04. The van der Waals surface area contributed by atoms with E-state index in [2.05, 4.69) is 42.2 Å². The van der Waals surface area contributed by atoms with Crippen LogP contribution in [0.1, 0.15) is 15.2 Å². The number of hydrogen-bond acceptors (Lipinski definition) is 3. The minimum atomic E-state index is -0.150. The molecule has 0 atom stereocenters. The van der Waals surface area contributed by atoms with E-state index < -0.39 is 0 Å². The van der Waals surface area contributed by atoms with Crippen LogP contribution in [0.4, 0.5) is 5.82 Å². The van der Waals surface area contributed by atoms with E-state index in [1.807, 2.05) is 19.1 Å². The van der Waals surface area contributed by atoms with E-state index in [4.69, 9.17) is 0 Å². The first-order chi connectivity index (χ1) is 8.08. The first kappa shape index (κ1) is 12.7. The maximum Gasteiger partial charge on any atom is 0.266 e. The highest BCUT2D eigenvalue weighted by atomic mass is 79.9. The molecule has 0 unspecified atom stereocenters. The van der Waals surface area contributed by atoms with E-state index in [1.54, 1.807) is 12.3 Å². The topological polar surface area (TPSA) is 42.0 Å². The highest BCUT2D eigenvalue weighted by Crippen LogP contribution is 2.32.